The van der Waals surface area contributed by atoms with E-state index in [2.05, 4.69) is 39.5 Å². The van der Waals surface area contributed by atoms with Crippen LogP contribution in [-0.4, -0.2) is 44.1 Å². The predicted octanol–water partition coefficient (Wildman–Crippen LogP) is 2.52. The molecular weight excluding hydrogens is 330 g/mol. The number of piperidine rings is 1. The van der Waals surface area contributed by atoms with Crippen molar-refractivity contribution in [2.75, 3.05) is 18.4 Å². The van der Waals surface area contributed by atoms with Gasteiger partial charge in [-0.1, -0.05) is 25.5 Å². The molecule has 3 rings (SSSR count). The summed E-state index contributed by atoms with van der Waals surface area (Å²) in [6.07, 6.45) is 4.51. The maximum absolute atomic E-state index is 9.24. The Balaban J connectivity index is 1.62. The fraction of sp³-hybridized carbons (Fsp3) is 0.579. The van der Waals surface area contributed by atoms with Crippen LogP contribution in [-0.2, 0) is 20.2 Å². The van der Waals surface area contributed by atoms with E-state index in [0.717, 1.165) is 18.7 Å². The summed E-state index contributed by atoms with van der Waals surface area (Å²) < 4.78 is 7.86. The third-order valence-corrected chi connectivity index (χ3v) is 4.80. The molecule has 0 bridgehead atoms. The van der Waals surface area contributed by atoms with Crippen LogP contribution in [0.3, 0.4) is 0 Å². The quantitative estimate of drug-likeness (QED) is 0.706. The van der Waals surface area contributed by atoms with Gasteiger partial charge in [-0.25, -0.2) is 0 Å². The van der Waals surface area contributed by atoms with Crippen LogP contribution >= 0.6 is 0 Å². The van der Waals surface area contributed by atoms with E-state index in [4.69, 9.17) is 4.74 Å². The third kappa shape index (κ3) is 4.74. The Morgan fingerprint density at radius 2 is 2.04 bits per heavy atom. The summed E-state index contributed by atoms with van der Waals surface area (Å²) in [5.74, 6) is 1.96. The lowest BCUT2D eigenvalue weighted by atomic mass is 10.1. The molecule has 0 radical (unpaired) electrons. The molecule has 1 fully saturated rings. The van der Waals surface area contributed by atoms with Crippen LogP contribution in [0.25, 0.3) is 0 Å². The first-order valence-corrected chi connectivity index (χ1v) is 9.43. The minimum atomic E-state index is -0.213. The number of anilines is 1. The monoisotopic (exact) mass is 359 g/mol. The van der Waals surface area contributed by atoms with E-state index >= 15 is 0 Å². The first kappa shape index (κ1) is 18.7. The molecule has 1 aromatic carbocycles. The van der Waals surface area contributed by atoms with Crippen molar-refractivity contribution in [2.45, 2.75) is 52.0 Å². The number of nitrogens with one attached hydrogen (secondary N) is 1. The first-order valence-electron chi connectivity index (χ1n) is 9.43. The SMILES string of the molecule is CCC(Nc1nnc(CO)n1C)Oc1cccc(CN2CCCCC2)c1. The summed E-state index contributed by atoms with van der Waals surface area (Å²) >= 11 is 0. The summed E-state index contributed by atoms with van der Waals surface area (Å²) in [5, 5.41) is 20.5. The average molecular weight is 359 g/mol. The molecule has 0 saturated carbocycles. The molecule has 1 aliphatic heterocycles. The topological polar surface area (TPSA) is 75.4 Å². The lowest BCUT2D eigenvalue weighted by Gasteiger charge is -2.26. The molecule has 2 N–H and O–H groups in total. The van der Waals surface area contributed by atoms with Gasteiger partial charge in [-0.3, -0.25) is 9.47 Å². The smallest absolute Gasteiger partial charge is 0.227 e. The standard InChI is InChI=1S/C19H29N5O2/c1-3-18(20-19-22-21-17(14-25)23(19)2)26-16-9-7-8-15(12-16)13-24-10-5-4-6-11-24/h7-9,12,18,25H,3-6,10-11,13-14H2,1-2H3,(H,20,22). The van der Waals surface area contributed by atoms with Crippen molar-refractivity contribution in [3.63, 3.8) is 0 Å². The minimum absolute atomic E-state index is 0.138. The highest BCUT2D eigenvalue weighted by atomic mass is 16.5. The second kappa shape index (κ2) is 9.00. The van der Waals surface area contributed by atoms with Crippen LogP contribution in [0.2, 0.25) is 0 Å². The van der Waals surface area contributed by atoms with Crippen molar-refractivity contribution >= 4 is 5.95 Å². The third-order valence-electron chi connectivity index (χ3n) is 4.80. The van der Waals surface area contributed by atoms with E-state index in [9.17, 15) is 5.11 Å². The number of aliphatic hydroxyl groups is 1. The Hall–Kier alpha value is -2.12. The minimum Gasteiger partial charge on any atom is -0.471 e. The number of aromatic nitrogens is 3. The van der Waals surface area contributed by atoms with Crippen LogP contribution < -0.4 is 10.1 Å². The largest absolute Gasteiger partial charge is 0.471 e. The lowest BCUT2D eigenvalue weighted by Crippen LogP contribution is -2.29. The van der Waals surface area contributed by atoms with Gasteiger partial charge in [0.1, 0.15) is 12.4 Å². The molecule has 7 nitrogen and oxygen atoms in total. The summed E-state index contributed by atoms with van der Waals surface area (Å²) in [5.41, 5.74) is 1.28. The normalized spacial score (nSPS) is 16.4. The van der Waals surface area contributed by atoms with Gasteiger partial charge in [-0.15, -0.1) is 10.2 Å². The van der Waals surface area contributed by atoms with Crippen LogP contribution in [0.1, 0.15) is 44.0 Å². The van der Waals surface area contributed by atoms with Gasteiger partial charge >= 0.3 is 0 Å². The average Bonchev–Trinajstić information content (AvgIpc) is 3.02. The molecular formula is C19H29N5O2. The lowest BCUT2D eigenvalue weighted by molar-refractivity contribution is 0.216. The highest BCUT2D eigenvalue weighted by molar-refractivity contribution is 5.31. The maximum atomic E-state index is 9.24. The summed E-state index contributed by atoms with van der Waals surface area (Å²) in [4.78, 5) is 2.51. The molecule has 1 saturated heterocycles. The van der Waals surface area contributed by atoms with E-state index < -0.39 is 0 Å². The van der Waals surface area contributed by atoms with Gasteiger partial charge in [0, 0.05) is 20.0 Å². The number of hydrogen-bond donors (Lipinski definition) is 2. The molecule has 0 spiro atoms. The Bertz CT molecular complexity index is 697. The van der Waals surface area contributed by atoms with Gasteiger partial charge in [-0.05, 0) is 43.6 Å². The van der Waals surface area contributed by atoms with E-state index in [1.54, 1.807) is 4.57 Å². The number of aliphatic hydroxyl groups excluding tert-OH is 1. The van der Waals surface area contributed by atoms with Crippen LogP contribution in [0, 0.1) is 0 Å². The molecule has 7 heteroatoms. The highest BCUT2D eigenvalue weighted by Crippen LogP contribution is 2.20. The van der Waals surface area contributed by atoms with Crippen molar-refractivity contribution in [2.24, 2.45) is 7.05 Å². The highest BCUT2D eigenvalue weighted by Gasteiger charge is 2.15. The van der Waals surface area contributed by atoms with Crippen molar-refractivity contribution < 1.29 is 9.84 Å². The first-order chi connectivity index (χ1) is 12.7. The molecule has 142 valence electrons. The zero-order chi connectivity index (χ0) is 18.4. The Morgan fingerprint density at radius 1 is 1.23 bits per heavy atom. The Labute approximate surface area is 155 Å². The van der Waals surface area contributed by atoms with Crippen molar-refractivity contribution in [1.82, 2.24) is 19.7 Å². The molecule has 26 heavy (non-hydrogen) atoms. The van der Waals surface area contributed by atoms with Crippen molar-refractivity contribution in [3.05, 3.63) is 35.7 Å². The Morgan fingerprint density at radius 3 is 2.73 bits per heavy atom. The number of nitrogens with zero attached hydrogens (tertiary/aromatic N) is 4. The van der Waals surface area contributed by atoms with Crippen LogP contribution in [0.5, 0.6) is 5.75 Å². The molecule has 2 aromatic rings. The van der Waals surface area contributed by atoms with Crippen molar-refractivity contribution in [1.29, 1.82) is 0 Å². The van der Waals surface area contributed by atoms with E-state index in [1.807, 2.05) is 19.2 Å². The molecule has 1 aromatic heterocycles. The second-order valence-corrected chi connectivity index (χ2v) is 6.80. The van der Waals surface area contributed by atoms with Crippen LogP contribution in [0.4, 0.5) is 5.95 Å². The predicted molar refractivity (Wildman–Crippen MR) is 101 cm³/mol. The zero-order valence-corrected chi connectivity index (χ0v) is 15.7. The van der Waals surface area contributed by atoms with E-state index in [0.29, 0.717) is 11.8 Å². The number of rotatable bonds is 8. The van der Waals surface area contributed by atoms with Gasteiger partial charge < -0.3 is 15.2 Å². The Kier molecular flexibility index (Phi) is 6.46. The van der Waals surface area contributed by atoms with E-state index in [-0.39, 0.29) is 12.8 Å². The van der Waals surface area contributed by atoms with Crippen LogP contribution in [0.15, 0.2) is 24.3 Å². The number of likely N-dealkylation sites (tertiary alicyclic amines) is 1. The maximum Gasteiger partial charge on any atom is 0.227 e. The summed E-state index contributed by atoms with van der Waals surface area (Å²) in [6.45, 7) is 5.26. The fourth-order valence-electron chi connectivity index (χ4n) is 3.24. The van der Waals surface area contributed by atoms with E-state index in [1.165, 1.54) is 37.9 Å². The molecule has 1 unspecified atom stereocenters. The zero-order valence-electron chi connectivity index (χ0n) is 15.7. The number of ether oxygens (including phenoxy) is 1. The summed E-state index contributed by atoms with van der Waals surface area (Å²) in [7, 11) is 1.82. The molecule has 0 aliphatic carbocycles. The number of hydrogen-bond acceptors (Lipinski definition) is 6. The molecule has 1 aliphatic rings. The summed E-state index contributed by atoms with van der Waals surface area (Å²) in [6, 6.07) is 8.31. The molecule has 0 amide bonds. The molecule has 2 heterocycles. The van der Waals surface area contributed by atoms with Gasteiger partial charge in [0.25, 0.3) is 0 Å². The number of benzene rings is 1. The van der Waals surface area contributed by atoms with Gasteiger partial charge in [0.05, 0.1) is 0 Å². The van der Waals surface area contributed by atoms with Gasteiger partial charge in [0.15, 0.2) is 12.1 Å². The fourth-order valence-corrected chi connectivity index (χ4v) is 3.24. The van der Waals surface area contributed by atoms with Gasteiger partial charge in [-0.2, -0.15) is 0 Å². The van der Waals surface area contributed by atoms with Crippen molar-refractivity contribution in [3.8, 4) is 5.75 Å². The van der Waals surface area contributed by atoms with Gasteiger partial charge in [0.2, 0.25) is 5.95 Å². The molecule has 1 atom stereocenters. The second-order valence-electron chi connectivity index (χ2n) is 6.80.